The van der Waals surface area contributed by atoms with E-state index in [0.29, 0.717) is 6.42 Å². The molecule has 1 aromatic carbocycles. The highest BCUT2D eigenvalue weighted by Gasteiger charge is 2.27. The van der Waals surface area contributed by atoms with Gasteiger partial charge in [-0.05, 0) is 25.6 Å². The van der Waals surface area contributed by atoms with Gasteiger partial charge >= 0.3 is 0 Å². The number of thioether (sulfide) groups is 1. The topological polar surface area (TPSA) is 32.7 Å². The van der Waals surface area contributed by atoms with E-state index in [0.717, 1.165) is 29.4 Å². The predicted molar refractivity (Wildman–Crippen MR) is 81.2 cm³/mol. The van der Waals surface area contributed by atoms with Gasteiger partial charge in [0.2, 0.25) is 0 Å². The summed E-state index contributed by atoms with van der Waals surface area (Å²) in [5, 5.41) is 10.5. The Hall–Kier alpha value is -0.710. The van der Waals surface area contributed by atoms with E-state index in [1.807, 2.05) is 23.9 Å². The Bertz CT molecular complexity index is 425. The largest absolute Gasteiger partial charge is 0.496 e. The summed E-state index contributed by atoms with van der Waals surface area (Å²) >= 11 is 1.93. The first kappa shape index (κ1) is 14.7. The molecule has 2 rings (SSSR count). The highest BCUT2D eigenvalue weighted by atomic mass is 32.2. The number of ether oxygens (including phenoxy) is 1. The van der Waals surface area contributed by atoms with Crippen molar-refractivity contribution < 1.29 is 9.84 Å². The zero-order chi connectivity index (χ0) is 13.8. The Kier molecular flexibility index (Phi) is 5.13. The van der Waals surface area contributed by atoms with E-state index in [9.17, 15) is 5.11 Å². The fraction of sp³-hybridized carbons (Fsp3) is 0.600. The number of rotatable bonds is 4. The second kappa shape index (κ2) is 6.64. The van der Waals surface area contributed by atoms with Gasteiger partial charge in [0.15, 0.2) is 0 Å². The molecule has 0 aromatic heterocycles. The Balaban J connectivity index is 2.09. The Morgan fingerprint density at radius 3 is 3.00 bits per heavy atom. The molecule has 1 heterocycles. The first-order valence-corrected chi connectivity index (χ1v) is 7.87. The fourth-order valence-electron chi connectivity index (χ4n) is 2.54. The van der Waals surface area contributed by atoms with Crippen molar-refractivity contribution in [1.82, 2.24) is 4.90 Å². The van der Waals surface area contributed by atoms with Gasteiger partial charge in [0.1, 0.15) is 5.75 Å². The van der Waals surface area contributed by atoms with Gasteiger partial charge < -0.3 is 9.84 Å². The van der Waals surface area contributed by atoms with Crippen molar-refractivity contribution in [1.29, 1.82) is 0 Å². The quantitative estimate of drug-likeness (QED) is 0.914. The van der Waals surface area contributed by atoms with Gasteiger partial charge in [0, 0.05) is 30.5 Å². The van der Waals surface area contributed by atoms with Crippen LogP contribution >= 0.6 is 11.8 Å². The molecule has 0 aliphatic carbocycles. The summed E-state index contributed by atoms with van der Waals surface area (Å²) in [6.07, 6.45) is 0.314. The molecule has 0 spiro atoms. The van der Waals surface area contributed by atoms with Crippen LogP contribution in [0.25, 0.3) is 0 Å². The van der Waals surface area contributed by atoms with E-state index in [4.69, 9.17) is 4.74 Å². The molecule has 2 unspecified atom stereocenters. The number of hydrogen-bond acceptors (Lipinski definition) is 4. The average Bonchev–Trinajstić information content (AvgIpc) is 2.39. The SMILES string of the molecule is COc1ccc(C)cc1CC(O)C1CSCCN1C. The lowest BCUT2D eigenvalue weighted by atomic mass is 9.99. The van der Waals surface area contributed by atoms with Crippen LogP contribution < -0.4 is 4.74 Å². The van der Waals surface area contributed by atoms with Crippen molar-refractivity contribution >= 4 is 11.8 Å². The molecule has 19 heavy (non-hydrogen) atoms. The first-order chi connectivity index (χ1) is 9.11. The number of hydrogen-bond donors (Lipinski definition) is 1. The zero-order valence-electron chi connectivity index (χ0n) is 11.9. The van der Waals surface area contributed by atoms with Gasteiger partial charge in [0.25, 0.3) is 0 Å². The van der Waals surface area contributed by atoms with E-state index in [-0.39, 0.29) is 12.1 Å². The van der Waals surface area contributed by atoms with Crippen LogP contribution in [0.1, 0.15) is 11.1 Å². The summed E-state index contributed by atoms with van der Waals surface area (Å²) in [6, 6.07) is 6.37. The van der Waals surface area contributed by atoms with E-state index in [1.54, 1.807) is 7.11 Å². The van der Waals surface area contributed by atoms with Crippen molar-refractivity contribution in [2.24, 2.45) is 0 Å². The molecule has 1 saturated heterocycles. The molecule has 1 aliphatic heterocycles. The fourth-order valence-corrected chi connectivity index (χ4v) is 3.84. The molecule has 1 aromatic rings. The lowest BCUT2D eigenvalue weighted by Gasteiger charge is -2.35. The molecule has 0 amide bonds. The minimum absolute atomic E-state index is 0.240. The van der Waals surface area contributed by atoms with Crippen molar-refractivity contribution in [3.8, 4) is 5.75 Å². The highest BCUT2D eigenvalue weighted by Crippen LogP contribution is 2.25. The van der Waals surface area contributed by atoms with Gasteiger partial charge in [-0.1, -0.05) is 17.7 Å². The molecular weight excluding hydrogens is 258 g/mol. The summed E-state index contributed by atoms with van der Waals surface area (Å²) in [7, 11) is 3.78. The van der Waals surface area contributed by atoms with Gasteiger partial charge in [-0.3, -0.25) is 4.90 Å². The van der Waals surface area contributed by atoms with Crippen molar-refractivity contribution in [3.63, 3.8) is 0 Å². The van der Waals surface area contributed by atoms with Crippen LogP contribution in [0, 0.1) is 6.92 Å². The number of methoxy groups -OCH3 is 1. The number of nitrogens with zero attached hydrogens (tertiary/aromatic N) is 1. The normalized spacial score (nSPS) is 22.2. The maximum absolute atomic E-state index is 10.5. The van der Waals surface area contributed by atoms with Crippen molar-refractivity contribution in [3.05, 3.63) is 29.3 Å². The van der Waals surface area contributed by atoms with Gasteiger partial charge in [-0.2, -0.15) is 11.8 Å². The standard InChI is InChI=1S/C15H23NO2S/c1-11-4-5-15(18-3)12(8-11)9-14(17)13-10-19-7-6-16(13)2/h4-5,8,13-14,17H,6-7,9-10H2,1-3H3. The van der Waals surface area contributed by atoms with Gasteiger partial charge in [0.05, 0.1) is 13.2 Å². The third kappa shape index (κ3) is 3.65. The maximum Gasteiger partial charge on any atom is 0.122 e. The summed E-state index contributed by atoms with van der Waals surface area (Å²) in [5.74, 6) is 3.04. The van der Waals surface area contributed by atoms with E-state index < -0.39 is 0 Å². The maximum atomic E-state index is 10.5. The molecule has 4 heteroatoms. The molecule has 0 bridgehead atoms. The first-order valence-electron chi connectivity index (χ1n) is 6.71. The van der Waals surface area contributed by atoms with Crippen LogP contribution in [0.5, 0.6) is 5.75 Å². The number of benzene rings is 1. The molecule has 1 aliphatic rings. The van der Waals surface area contributed by atoms with E-state index >= 15 is 0 Å². The third-order valence-electron chi connectivity index (χ3n) is 3.75. The number of aliphatic hydroxyl groups excluding tert-OH is 1. The lowest BCUT2D eigenvalue weighted by Crippen LogP contribution is -2.47. The second-order valence-electron chi connectivity index (χ2n) is 5.21. The summed E-state index contributed by atoms with van der Waals surface area (Å²) in [5.41, 5.74) is 2.30. The zero-order valence-corrected chi connectivity index (χ0v) is 12.7. The predicted octanol–water partition coefficient (Wildman–Crippen LogP) is 1.95. The van der Waals surface area contributed by atoms with E-state index in [1.165, 1.54) is 5.56 Å². The molecule has 0 saturated carbocycles. The average molecular weight is 281 g/mol. The minimum atomic E-state index is -0.339. The monoisotopic (exact) mass is 281 g/mol. The number of aliphatic hydroxyl groups is 1. The molecular formula is C15H23NO2S. The van der Waals surface area contributed by atoms with Crippen LogP contribution in [-0.4, -0.2) is 54.4 Å². The molecule has 0 radical (unpaired) electrons. The summed E-state index contributed by atoms with van der Waals surface area (Å²) in [6.45, 7) is 3.12. The highest BCUT2D eigenvalue weighted by molar-refractivity contribution is 7.99. The Labute approximate surface area is 120 Å². The minimum Gasteiger partial charge on any atom is -0.496 e. The van der Waals surface area contributed by atoms with Crippen molar-refractivity contribution in [2.45, 2.75) is 25.5 Å². The van der Waals surface area contributed by atoms with Crippen LogP contribution in [0.4, 0.5) is 0 Å². The molecule has 106 valence electrons. The van der Waals surface area contributed by atoms with E-state index in [2.05, 4.69) is 24.9 Å². The molecule has 3 nitrogen and oxygen atoms in total. The van der Waals surface area contributed by atoms with Crippen LogP contribution in [0.3, 0.4) is 0 Å². The molecule has 2 atom stereocenters. The number of likely N-dealkylation sites (N-methyl/N-ethyl adjacent to an activating group) is 1. The Morgan fingerprint density at radius 2 is 2.32 bits per heavy atom. The summed E-state index contributed by atoms with van der Waals surface area (Å²) in [4.78, 5) is 2.27. The third-order valence-corrected chi connectivity index (χ3v) is 4.80. The second-order valence-corrected chi connectivity index (χ2v) is 6.36. The number of aryl methyl sites for hydroxylation is 1. The summed E-state index contributed by atoms with van der Waals surface area (Å²) < 4.78 is 5.39. The molecule has 1 N–H and O–H groups in total. The van der Waals surface area contributed by atoms with Crippen LogP contribution in [0.2, 0.25) is 0 Å². The van der Waals surface area contributed by atoms with Gasteiger partial charge in [-0.25, -0.2) is 0 Å². The smallest absolute Gasteiger partial charge is 0.122 e. The lowest BCUT2D eigenvalue weighted by molar-refractivity contribution is 0.0758. The Morgan fingerprint density at radius 1 is 1.53 bits per heavy atom. The van der Waals surface area contributed by atoms with Crippen LogP contribution in [0.15, 0.2) is 18.2 Å². The van der Waals surface area contributed by atoms with Gasteiger partial charge in [-0.15, -0.1) is 0 Å². The van der Waals surface area contributed by atoms with Crippen LogP contribution in [-0.2, 0) is 6.42 Å². The van der Waals surface area contributed by atoms with Crippen molar-refractivity contribution in [2.75, 3.05) is 32.2 Å². The molecule has 1 fully saturated rings.